The number of piperidine rings is 1. The maximum Gasteiger partial charge on any atom is 0.204 e. The maximum absolute atomic E-state index is 12.8. The van der Waals surface area contributed by atoms with Gasteiger partial charge in [-0.1, -0.05) is 6.07 Å². The zero-order valence-corrected chi connectivity index (χ0v) is 17.1. The Balaban J connectivity index is 1.59. The van der Waals surface area contributed by atoms with Crippen LogP contribution in [0.3, 0.4) is 0 Å². The molecule has 0 saturated carbocycles. The molecule has 0 atom stereocenters. The molecule has 2 aliphatic heterocycles. The van der Waals surface area contributed by atoms with Crippen molar-refractivity contribution in [1.82, 2.24) is 4.90 Å². The van der Waals surface area contributed by atoms with Crippen LogP contribution >= 0.6 is 0 Å². The molecule has 2 aliphatic rings. The molecule has 0 N–H and O–H groups in total. The van der Waals surface area contributed by atoms with E-state index in [1.165, 1.54) is 30.6 Å². The first-order valence-electron chi connectivity index (χ1n) is 10.5. The van der Waals surface area contributed by atoms with Crippen LogP contribution in [0.15, 0.2) is 34.7 Å². The topological polar surface area (TPSA) is 63.7 Å². The van der Waals surface area contributed by atoms with Crippen molar-refractivity contribution in [2.75, 3.05) is 56.1 Å². The molecule has 2 aromatic rings. The van der Waals surface area contributed by atoms with Crippen LogP contribution in [0, 0.1) is 11.3 Å². The van der Waals surface area contributed by atoms with Crippen LogP contribution in [0.5, 0.6) is 0 Å². The Hall–Kier alpha value is -2.78. The third-order valence-corrected chi connectivity index (χ3v) is 5.98. The second-order valence-electron chi connectivity index (χ2n) is 8.03. The van der Waals surface area contributed by atoms with E-state index >= 15 is 0 Å². The van der Waals surface area contributed by atoms with E-state index in [1.807, 2.05) is 6.07 Å². The number of nitriles is 1. The number of carbonyl (C=O) groups is 1. The van der Waals surface area contributed by atoms with Gasteiger partial charge in [-0.15, -0.1) is 0 Å². The Bertz CT molecular complexity index is 900. The fourth-order valence-electron chi connectivity index (χ4n) is 4.20. The minimum absolute atomic E-state index is 0.0860. The third-order valence-electron chi connectivity index (χ3n) is 5.98. The molecule has 6 heteroatoms. The van der Waals surface area contributed by atoms with E-state index in [4.69, 9.17) is 9.68 Å². The van der Waals surface area contributed by atoms with Gasteiger partial charge in [0.2, 0.25) is 11.5 Å². The highest BCUT2D eigenvalue weighted by molar-refractivity contribution is 5.96. The lowest BCUT2D eigenvalue weighted by atomic mass is 10.0. The molecular formula is C23H28N4O2. The van der Waals surface area contributed by atoms with E-state index in [-0.39, 0.29) is 23.7 Å². The quantitative estimate of drug-likeness (QED) is 0.728. The van der Waals surface area contributed by atoms with Gasteiger partial charge in [0.15, 0.2) is 5.76 Å². The number of nitrogens with zero attached hydrogens (tertiary/aromatic N) is 4. The van der Waals surface area contributed by atoms with Gasteiger partial charge in [0, 0.05) is 57.1 Å². The van der Waals surface area contributed by atoms with Crippen molar-refractivity contribution in [3.63, 3.8) is 0 Å². The lowest BCUT2D eigenvalue weighted by Gasteiger charge is -2.36. The van der Waals surface area contributed by atoms with E-state index in [9.17, 15) is 4.79 Å². The Morgan fingerprint density at radius 3 is 2.45 bits per heavy atom. The summed E-state index contributed by atoms with van der Waals surface area (Å²) in [6.07, 6.45) is 3.94. The summed E-state index contributed by atoms with van der Waals surface area (Å²) in [7, 11) is 2.16. The van der Waals surface area contributed by atoms with Crippen LogP contribution < -0.4 is 9.80 Å². The predicted molar refractivity (Wildman–Crippen MR) is 114 cm³/mol. The smallest absolute Gasteiger partial charge is 0.204 e. The standard InChI is InChI=1S/C23H28N4O2/c1-25-11-13-26(14-12-25)19-6-5-18(21(16-19)27-9-3-2-4-10-27)15-22(28)23-8-7-20(17-24)29-23/h5-8,16H,2-4,9-15H2,1H3. The minimum Gasteiger partial charge on any atom is -0.442 e. The van der Waals surface area contributed by atoms with Crippen molar-refractivity contribution in [1.29, 1.82) is 5.26 Å². The molecule has 6 nitrogen and oxygen atoms in total. The number of carbonyl (C=O) groups excluding carboxylic acids is 1. The molecule has 0 radical (unpaired) electrons. The largest absolute Gasteiger partial charge is 0.442 e. The highest BCUT2D eigenvalue weighted by Gasteiger charge is 2.21. The van der Waals surface area contributed by atoms with Crippen molar-refractivity contribution in [3.05, 3.63) is 47.4 Å². The van der Waals surface area contributed by atoms with Crippen molar-refractivity contribution in [2.45, 2.75) is 25.7 Å². The van der Waals surface area contributed by atoms with Gasteiger partial charge >= 0.3 is 0 Å². The van der Waals surface area contributed by atoms with Gasteiger partial charge in [-0.2, -0.15) is 5.26 Å². The Kier molecular flexibility index (Phi) is 5.86. The van der Waals surface area contributed by atoms with Gasteiger partial charge in [0.25, 0.3) is 0 Å². The molecule has 0 spiro atoms. The fourth-order valence-corrected chi connectivity index (χ4v) is 4.20. The first kappa shape index (κ1) is 19.5. The second kappa shape index (κ2) is 8.71. The Labute approximate surface area is 172 Å². The van der Waals surface area contributed by atoms with Crippen LogP contribution in [0.1, 0.15) is 41.1 Å². The molecule has 29 heavy (non-hydrogen) atoms. The number of furan rings is 1. The summed E-state index contributed by atoms with van der Waals surface area (Å²) in [4.78, 5) is 20.0. The average molecular weight is 393 g/mol. The van der Waals surface area contributed by atoms with Crippen LogP contribution in [0.25, 0.3) is 0 Å². The molecule has 152 valence electrons. The van der Waals surface area contributed by atoms with Gasteiger partial charge in [-0.05, 0) is 56.1 Å². The van der Waals surface area contributed by atoms with E-state index in [1.54, 1.807) is 12.1 Å². The first-order valence-corrected chi connectivity index (χ1v) is 10.5. The predicted octanol–water partition coefficient (Wildman–Crippen LogP) is 3.32. The zero-order valence-electron chi connectivity index (χ0n) is 17.1. The SMILES string of the molecule is CN1CCN(c2ccc(CC(=O)c3ccc(C#N)o3)c(N3CCCCC3)c2)CC1. The molecule has 1 aromatic heterocycles. The second-order valence-corrected chi connectivity index (χ2v) is 8.03. The van der Waals surface area contributed by atoms with E-state index < -0.39 is 0 Å². The average Bonchev–Trinajstić information content (AvgIpc) is 3.25. The lowest BCUT2D eigenvalue weighted by Crippen LogP contribution is -2.44. The van der Waals surface area contributed by atoms with E-state index in [0.29, 0.717) is 0 Å². The van der Waals surface area contributed by atoms with Crippen LogP contribution in [0.4, 0.5) is 11.4 Å². The van der Waals surface area contributed by atoms with Crippen molar-refractivity contribution in [3.8, 4) is 6.07 Å². The van der Waals surface area contributed by atoms with E-state index in [0.717, 1.165) is 44.8 Å². The van der Waals surface area contributed by atoms with Crippen molar-refractivity contribution in [2.24, 2.45) is 0 Å². The fraction of sp³-hybridized carbons (Fsp3) is 0.478. The van der Waals surface area contributed by atoms with Crippen molar-refractivity contribution < 1.29 is 9.21 Å². The van der Waals surface area contributed by atoms with Gasteiger partial charge < -0.3 is 19.1 Å². The highest BCUT2D eigenvalue weighted by Crippen LogP contribution is 2.31. The summed E-state index contributed by atoms with van der Waals surface area (Å²) in [5.41, 5.74) is 3.44. The number of rotatable bonds is 5. The van der Waals surface area contributed by atoms with Crippen LogP contribution in [-0.2, 0) is 6.42 Å². The monoisotopic (exact) mass is 392 g/mol. The molecule has 1 aromatic carbocycles. The van der Waals surface area contributed by atoms with Gasteiger partial charge in [0.1, 0.15) is 6.07 Å². The zero-order chi connectivity index (χ0) is 20.2. The molecule has 0 bridgehead atoms. The number of Topliss-reactive ketones (excluding diaryl/α,β-unsaturated/α-hetero) is 1. The first-order chi connectivity index (χ1) is 14.1. The number of hydrogen-bond acceptors (Lipinski definition) is 6. The van der Waals surface area contributed by atoms with E-state index in [2.05, 4.69) is 39.9 Å². The number of ketones is 1. The van der Waals surface area contributed by atoms with Crippen LogP contribution in [-0.4, -0.2) is 57.0 Å². The number of benzene rings is 1. The van der Waals surface area contributed by atoms with Gasteiger partial charge in [0.05, 0.1) is 0 Å². The number of piperazine rings is 1. The summed E-state index contributed by atoms with van der Waals surface area (Å²) < 4.78 is 5.34. The Morgan fingerprint density at radius 1 is 1.00 bits per heavy atom. The summed E-state index contributed by atoms with van der Waals surface area (Å²) in [5, 5.41) is 8.94. The molecule has 2 fully saturated rings. The van der Waals surface area contributed by atoms with Crippen LogP contribution in [0.2, 0.25) is 0 Å². The van der Waals surface area contributed by atoms with Crippen molar-refractivity contribution >= 4 is 17.2 Å². The lowest BCUT2D eigenvalue weighted by molar-refractivity contribution is 0.0966. The van der Waals surface area contributed by atoms with Gasteiger partial charge in [-0.25, -0.2) is 0 Å². The normalized spacial score (nSPS) is 17.9. The molecule has 0 amide bonds. The third kappa shape index (κ3) is 4.46. The number of likely N-dealkylation sites (N-methyl/N-ethyl adjacent to an activating group) is 1. The number of hydrogen-bond donors (Lipinski definition) is 0. The molecule has 2 saturated heterocycles. The molecule has 4 rings (SSSR count). The molecule has 0 unspecified atom stereocenters. The molecule has 3 heterocycles. The van der Waals surface area contributed by atoms with Gasteiger partial charge in [-0.3, -0.25) is 4.79 Å². The summed E-state index contributed by atoms with van der Waals surface area (Å²) in [6.45, 7) is 6.26. The Morgan fingerprint density at radius 2 is 1.76 bits per heavy atom. The summed E-state index contributed by atoms with van der Waals surface area (Å²) >= 11 is 0. The molecule has 0 aliphatic carbocycles. The minimum atomic E-state index is -0.0860. The number of anilines is 2. The molecular weight excluding hydrogens is 364 g/mol. The summed E-state index contributed by atoms with van der Waals surface area (Å²) in [6, 6.07) is 11.6. The summed E-state index contributed by atoms with van der Waals surface area (Å²) in [5.74, 6) is 0.349. The maximum atomic E-state index is 12.8. The highest BCUT2D eigenvalue weighted by atomic mass is 16.3.